The van der Waals surface area contributed by atoms with Gasteiger partial charge >= 0.3 is 0 Å². The Morgan fingerprint density at radius 3 is 2.94 bits per heavy atom. The van der Waals surface area contributed by atoms with Gasteiger partial charge in [0.2, 0.25) is 0 Å². The second-order valence-electron chi connectivity index (χ2n) is 4.45. The Morgan fingerprint density at radius 1 is 1.50 bits per heavy atom. The van der Waals surface area contributed by atoms with E-state index in [0.717, 1.165) is 12.8 Å². The van der Waals surface area contributed by atoms with Crippen LogP contribution in [0, 0.1) is 0 Å². The molecule has 1 aromatic rings. The molecule has 0 aromatic heterocycles. The topological polar surface area (TPSA) is 49.3 Å². The van der Waals surface area contributed by atoms with Crippen molar-refractivity contribution in [1.29, 1.82) is 0 Å². The molecule has 0 aliphatic heterocycles. The Morgan fingerprint density at radius 2 is 2.28 bits per heavy atom. The van der Waals surface area contributed by atoms with Gasteiger partial charge in [-0.25, -0.2) is 0 Å². The molecule has 2 atom stereocenters. The molecule has 0 radical (unpaired) electrons. The van der Waals surface area contributed by atoms with Crippen molar-refractivity contribution in [3.63, 3.8) is 0 Å². The van der Waals surface area contributed by atoms with E-state index in [2.05, 4.69) is 27.5 Å². The van der Waals surface area contributed by atoms with E-state index in [9.17, 15) is 9.90 Å². The van der Waals surface area contributed by atoms with Gasteiger partial charge in [0.05, 0.1) is 4.47 Å². The Labute approximate surface area is 119 Å². The van der Waals surface area contributed by atoms with E-state index in [0.29, 0.717) is 15.3 Å². The Bertz CT molecular complexity index is 453. The van der Waals surface area contributed by atoms with Gasteiger partial charge in [0.15, 0.2) is 0 Å². The van der Waals surface area contributed by atoms with Gasteiger partial charge in [-0.3, -0.25) is 4.79 Å². The van der Waals surface area contributed by atoms with Crippen molar-refractivity contribution in [3.8, 4) is 5.75 Å². The lowest BCUT2D eigenvalue weighted by Gasteiger charge is -2.19. The minimum atomic E-state index is -0.108. The van der Waals surface area contributed by atoms with Gasteiger partial charge < -0.3 is 10.4 Å². The Kier molecular flexibility index (Phi) is 4.56. The zero-order valence-electron chi connectivity index (χ0n) is 10.1. The van der Waals surface area contributed by atoms with E-state index in [4.69, 9.17) is 0 Å². The van der Waals surface area contributed by atoms with Crippen LogP contribution in [-0.2, 0) is 0 Å². The van der Waals surface area contributed by atoms with Crippen LogP contribution in [-0.4, -0.2) is 28.6 Å². The number of benzene rings is 1. The molecule has 1 aliphatic carbocycles. The molecule has 0 heterocycles. The van der Waals surface area contributed by atoms with Crippen LogP contribution in [0.15, 0.2) is 22.7 Å². The van der Waals surface area contributed by atoms with Crippen molar-refractivity contribution in [2.24, 2.45) is 0 Å². The molecule has 0 saturated heterocycles. The fourth-order valence-corrected chi connectivity index (χ4v) is 3.46. The highest BCUT2D eigenvalue weighted by molar-refractivity contribution is 9.10. The van der Waals surface area contributed by atoms with Gasteiger partial charge in [-0.2, -0.15) is 11.8 Å². The number of nitrogens with one attached hydrogen (secondary N) is 1. The third kappa shape index (κ3) is 3.01. The highest BCUT2D eigenvalue weighted by Gasteiger charge is 2.28. The number of amides is 1. The Hall–Kier alpha value is -0.680. The predicted molar refractivity (Wildman–Crippen MR) is 78.2 cm³/mol. The fourth-order valence-electron chi connectivity index (χ4n) is 2.28. The molecule has 18 heavy (non-hydrogen) atoms. The van der Waals surface area contributed by atoms with Crippen LogP contribution in [0.2, 0.25) is 0 Å². The van der Waals surface area contributed by atoms with E-state index in [1.807, 2.05) is 11.8 Å². The van der Waals surface area contributed by atoms with Gasteiger partial charge in [0, 0.05) is 16.9 Å². The first-order chi connectivity index (χ1) is 8.61. The van der Waals surface area contributed by atoms with Crippen molar-refractivity contribution in [2.45, 2.75) is 30.6 Å². The molecule has 98 valence electrons. The smallest absolute Gasteiger partial charge is 0.251 e. The molecule has 0 bridgehead atoms. The lowest BCUT2D eigenvalue weighted by atomic mass is 10.1. The second kappa shape index (κ2) is 5.97. The maximum absolute atomic E-state index is 12.1. The fraction of sp³-hybridized carbons (Fsp3) is 0.462. The number of aromatic hydroxyl groups is 1. The van der Waals surface area contributed by atoms with Gasteiger partial charge in [-0.1, -0.05) is 6.42 Å². The average Bonchev–Trinajstić information content (AvgIpc) is 2.79. The highest BCUT2D eigenvalue weighted by atomic mass is 79.9. The van der Waals surface area contributed by atoms with Crippen LogP contribution >= 0.6 is 27.7 Å². The first kappa shape index (κ1) is 13.7. The summed E-state index contributed by atoms with van der Waals surface area (Å²) < 4.78 is 0.599. The van der Waals surface area contributed by atoms with Crippen molar-refractivity contribution in [3.05, 3.63) is 28.2 Å². The van der Waals surface area contributed by atoms with Crippen molar-refractivity contribution in [1.82, 2.24) is 5.32 Å². The van der Waals surface area contributed by atoms with E-state index < -0.39 is 0 Å². The van der Waals surface area contributed by atoms with Gasteiger partial charge in [-0.05, 0) is 53.2 Å². The minimum Gasteiger partial charge on any atom is -0.507 e. The lowest BCUT2D eigenvalue weighted by molar-refractivity contribution is 0.0938. The van der Waals surface area contributed by atoms with E-state index in [-0.39, 0.29) is 17.7 Å². The number of carbonyl (C=O) groups is 1. The number of phenols is 1. The van der Waals surface area contributed by atoms with Crippen LogP contribution in [0.5, 0.6) is 5.75 Å². The highest BCUT2D eigenvalue weighted by Crippen LogP contribution is 2.29. The summed E-state index contributed by atoms with van der Waals surface area (Å²) in [6, 6.07) is 5.13. The van der Waals surface area contributed by atoms with Crippen LogP contribution in [0.1, 0.15) is 29.6 Å². The van der Waals surface area contributed by atoms with E-state index in [1.165, 1.54) is 12.5 Å². The van der Waals surface area contributed by atoms with Crippen molar-refractivity contribution < 1.29 is 9.90 Å². The van der Waals surface area contributed by atoms with Crippen molar-refractivity contribution in [2.75, 3.05) is 6.26 Å². The van der Waals surface area contributed by atoms with Crippen LogP contribution < -0.4 is 5.32 Å². The SMILES string of the molecule is CSC1CCCC1NC(=O)c1ccc(Br)c(O)c1. The molecule has 1 amide bonds. The first-order valence-electron chi connectivity index (χ1n) is 5.94. The molecule has 2 unspecified atom stereocenters. The van der Waals surface area contributed by atoms with E-state index in [1.54, 1.807) is 12.1 Å². The standard InChI is InChI=1S/C13H16BrNO2S/c1-18-12-4-2-3-10(12)15-13(17)8-5-6-9(14)11(16)7-8/h5-7,10,12,16H,2-4H2,1H3,(H,15,17). The van der Waals surface area contributed by atoms with Crippen LogP contribution in [0.3, 0.4) is 0 Å². The minimum absolute atomic E-state index is 0.0930. The largest absolute Gasteiger partial charge is 0.507 e. The summed E-state index contributed by atoms with van der Waals surface area (Å²) in [5.74, 6) is -0.0146. The molecule has 3 nitrogen and oxygen atoms in total. The van der Waals surface area contributed by atoms with Gasteiger partial charge in [0.1, 0.15) is 5.75 Å². The molecular weight excluding hydrogens is 314 g/mol. The number of thioether (sulfide) groups is 1. The van der Waals surface area contributed by atoms with E-state index >= 15 is 0 Å². The summed E-state index contributed by atoms with van der Waals surface area (Å²) in [6.07, 6.45) is 5.46. The first-order valence-corrected chi connectivity index (χ1v) is 8.02. The third-order valence-electron chi connectivity index (χ3n) is 3.28. The normalized spacial score (nSPS) is 23.0. The number of phenolic OH excluding ortho intramolecular Hbond substituents is 1. The molecule has 1 saturated carbocycles. The van der Waals surface area contributed by atoms with Crippen LogP contribution in [0.4, 0.5) is 0 Å². The lowest BCUT2D eigenvalue weighted by Crippen LogP contribution is -2.38. The van der Waals surface area contributed by atoms with Crippen molar-refractivity contribution >= 4 is 33.6 Å². The molecule has 1 aliphatic rings. The molecule has 2 N–H and O–H groups in total. The zero-order valence-corrected chi connectivity index (χ0v) is 12.6. The van der Waals surface area contributed by atoms with Gasteiger partial charge in [-0.15, -0.1) is 0 Å². The summed E-state index contributed by atoms with van der Waals surface area (Å²) in [5.41, 5.74) is 0.502. The monoisotopic (exact) mass is 329 g/mol. The summed E-state index contributed by atoms with van der Waals surface area (Å²) >= 11 is 5.01. The van der Waals surface area contributed by atoms with Gasteiger partial charge in [0.25, 0.3) is 5.91 Å². The molecule has 0 spiro atoms. The summed E-state index contributed by atoms with van der Waals surface area (Å²) in [6.45, 7) is 0. The molecule has 1 aromatic carbocycles. The molecular formula is C13H16BrNO2S. The number of carbonyl (C=O) groups excluding carboxylic acids is 1. The maximum atomic E-state index is 12.1. The summed E-state index contributed by atoms with van der Waals surface area (Å²) in [4.78, 5) is 12.1. The number of hydrogen-bond donors (Lipinski definition) is 2. The summed E-state index contributed by atoms with van der Waals surface area (Å²) in [7, 11) is 0. The maximum Gasteiger partial charge on any atom is 0.251 e. The molecule has 1 fully saturated rings. The Balaban J connectivity index is 2.05. The summed E-state index contributed by atoms with van der Waals surface area (Å²) in [5, 5.41) is 13.1. The quantitative estimate of drug-likeness (QED) is 0.895. The average molecular weight is 330 g/mol. The molecule has 5 heteroatoms. The number of halogens is 1. The van der Waals surface area contributed by atoms with Crippen LogP contribution in [0.25, 0.3) is 0 Å². The predicted octanol–water partition coefficient (Wildman–Crippen LogP) is 3.17. The number of hydrogen-bond acceptors (Lipinski definition) is 3. The second-order valence-corrected chi connectivity index (χ2v) is 6.38. The molecule has 2 rings (SSSR count). The zero-order chi connectivity index (χ0) is 13.1. The third-order valence-corrected chi connectivity index (χ3v) is 5.12. The number of rotatable bonds is 3.